The van der Waals surface area contributed by atoms with Crippen molar-refractivity contribution < 1.29 is 17.6 Å². The molecule has 1 aliphatic heterocycles. The molecule has 2 aromatic heterocycles. The molecule has 1 amide bonds. The van der Waals surface area contributed by atoms with E-state index in [-0.39, 0.29) is 17.8 Å². The third-order valence-corrected chi connectivity index (χ3v) is 5.70. The van der Waals surface area contributed by atoms with E-state index in [4.69, 9.17) is 4.42 Å². The zero-order valence-corrected chi connectivity index (χ0v) is 14.1. The van der Waals surface area contributed by atoms with Gasteiger partial charge in [0.2, 0.25) is 15.9 Å². The lowest BCUT2D eigenvalue weighted by molar-refractivity contribution is -0.121. The molecule has 124 valence electrons. The Bertz CT molecular complexity index is 777. The minimum Gasteiger partial charge on any atom is -0.403 e. The van der Waals surface area contributed by atoms with Crippen molar-refractivity contribution in [2.45, 2.75) is 12.8 Å². The summed E-state index contributed by atoms with van der Waals surface area (Å²) in [5.41, 5.74) is 0.810. The fourth-order valence-electron chi connectivity index (χ4n) is 2.43. The van der Waals surface area contributed by atoms with Crippen molar-refractivity contribution in [1.29, 1.82) is 0 Å². The van der Waals surface area contributed by atoms with Gasteiger partial charge in [-0.15, -0.1) is 5.10 Å². The van der Waals surface area contributed by atoms with E-state index in [0.717, 1.165) is 5.56 Å². The molecule has 1 saturated heterocycles. The van der Waals surface area contributed by atoms with Gasteiger partial charge in [-0.2, -0.15) is 11.3 Å². The fraction of sp³-hybridized carbons (Fsp3) is 0.462. The van der Waals surface area contributed by atoms with E-state index in [0.29, 0.717) is 31.8 Å². The Kier molecular flexibility index (Phi) is 4.46. The number of nitrogens with zero attached hydrogens (tertiary/aromatic N) is 3. The zero-order valence-electron chi connectivity index (χ0n) is 12.4. The van der Waals surface area contributed by atoms with Gasteiger partial charge in [-0.1, -0.05) is 5.10 Å². The van der Waals surface area contributed by atoms with Crippen molar-refractivity contribution in [3.8, 4) is 11.5 Å². The number of aromatic nitrogens is 2. The summed E-state index contributed by atoms with van der Waals surface area (Å²) in [5.74, 6) is -0.128. The molecule has 2 aromatic rings. The smallest absolute Gasteiger partial charge is 0.322 e. The number of carbonyl (C=O) groups is 1. The van der Waals surface area contributed by atoms with Crippen LogP contribution in [0, 0.1) is 5.92 Å². The average molecular weight is 356 g/mol. The molecule has 8 nitrogen and oxygen atoms in total. The third kappa shape index (κ3) is 3.77. The van der Waals surface area contributed by atoms with E-state index in [9.17, 15) is 13.2 Å². The van der Waals surface area contributed by atoms with Crippen molar-refractivity contribution in [3.05, 3.63) is 16.8 Å². The summed E-state index contributed by atoms with van der Waals surface area (Å²) in [7, 11) is -3.19. The first kappa shape index (κ1) is 16.1. The molecule has 1 fully saturated rings. The maximum atomic E-state index is 12.2. The summed E-state index contributed by atoms with van der Waals surface area (Å²) in [6.45, 7) is 0.696. The van der Waals surface area contributed by atoms with Gasteiger partial charge in [-0.25, -0.2) is 12.7 Å². The number of carbonyl (C=O) groups excluding carboxylic acids is 1. The molecule has 0 bridgehead atoms. The summed E-state index contributed by atoms with van der Waals surface area (Å²) in [6, 6.07) is 1.91. The monoisotopic (exact) mass is 356 g/mol. The van der Waals surface area contributed by atoms with Crippen LogP contribution in [-0.4, -0.2) is 48.2 Å². The summed E-state index contributed by atoms with van der Waals surface area (Å²) in [6.07, 6.45) is 2.13. The Balaban J connectivity index is 1.58. The van der Waals surface area contributed by atoms with Crippen LogP contribution in [0.15, 0.2) is 21.2 Å². The first-order valence-electron chi connectivity index (χ1n) is 7.05. The zero-order chi connectivity index (χ0) is 16.4. The first-order valence-corrected chi connectivity index (χ1v) is 9.84. The molecule has 0 spiro atoms. The Labute approximate surface area is 137 Å². The summed E-state index contributed by atoms with van der Waals surface area (Å²) in [4.78, 5) is 12.2. The van der Waals surface area contributed by atoms with E-state index in [1.165, 1.54) is 21.9 Å². The number of hydrogen-bond donors (Lipinski definition) is 1. The van der Waals surface area contributed by atoms with E-state index < -0.39 is 10.0 Å². The minimum absolute atomic E-state index is 0.0572. The Morgan fingerprint density at radius 1 is 1.39 bits per heavy atom. The number of piperidine rings is 1. The van der Waals surface area contributed by atoms with Crippen molar-refractivity contribution in [3.63, 3.8) is 0 Å². The van der Waals surface area contributed by atoms with Crippen LogP contribution in [0.3, 0.4) is 0 Å². The van der Waals surface area contributed by atoms with Gasteiger partial charge in [0.1, 0.15) is 0 Å². The van der Waals surface area contributed by atoms with Gasteiger partial charge in [0, 0.05) is 30.0 Å². The van der Waals surface area contributed by atoms with Crippen molar-refractivity contribution in [2.75, 3.05) is 24.7 Å². The lowest BCUT2D eigenvalue weighted by Gasteiger charge is -2.28. The predicted molar refractivity (Wildman–Crippen MR) is 85.4 cm³/mol. The second-order valence-corrected chi connectivity index (χ2v) is 8.11. The molecule has 1 N–H and O–H groups in total. The Morgan fingerprint density at radius 2 is 2.13 bits per heavy atom. The summed E-state index contributed by atoms with van der Waals surface area (Å²) in [5, 5.41) is 14.1. The molecule has 10 heteroatoms. The lowest BCUT2D eigenvalue weighted by atomic mass is 9.97. The maximum absolute atomic E-state index is 12.2. The van der Waals surface area contributed by atoms with Gasteiger partial charge in [0.05, 0.1) is 6.26 Å². The van der Waals surface area contributed by atoms with E-state index in [2.05, 4.69) is 15.5 Å². The average Bonchev–Trinajstić information content (AvgIpc) is 3.17. The van der Waals surface area contributed by atoms with Gasteiger partial charge in [0.15, 0.2) is 0 Å². The van der Waals surface area contributed by atoms with Crippen LogP contribution >= 0.6 is 11.3 Å². The quantitative estimate of drug-likeness (QED) is 0.888. The van der Waals surface area contributed by atoms with E-state index in [1.807, 2.05) is 16.8 Å². The van der Waals surface area contributed by atoms with Crippen molar-refractivity contribution in [1.82, 2.24) is 14.5 Å². The van der Waals surface area contributed by atoms with Crippen LogP contribution in [0.2, 0.25) is 0 Å². The van der Waals surface area contributed by atoms with Crippen LogP contribution in [0.1, 0.15) is 12.8 Å². The molecule has 1 aliphatic rings. The lowest BCUT2D eigenvalue weighted by Crippen LogP contribution is -2.40. The number of amides is 1. The fourth-order valence-corrected chi connectivity index (χ4v) is 3.94. The number of nitrogens with one attached hydrogen (secondary N) is 1. The van der Waals surface area contributed by atoms with Gasteiger partial charge < -0.3 is 4.42 Å². The largest absolute Gasteiger partial charge is 0.403 e. The number of rotatable bonds is 4. The first-order chi connectivity index (χ1) is 10.9. The van der Waals surface area contributed by atoms with Gasteiger partial charge in [-0.05, 0) is 24.3 Å². The highest BCUT2D eigenvalue weighted by Gasteiger charge is 2.29. The molecule has 0 aromatic carbocycles. The molecule has 0 saturated carbocycles. The highest BCUT2D eigenvalue weighted by atomic mass is 32.2. The summed E-state index contributed by atoms with van der Waals surface area (Å²) >= 11 is 1.51. The second kappa shape index (κ2) is 6.38. The highest BCUT2D eigenvalue weighted by molar-refractivity contribution is 7.88. The number of thiophene rings is 1. The van der Waals surface area contributed by atoms with Gasteiger partial charge in [-0.3, -0.25) is 10.1 Å². The van der Waals surface area contributed by atoms with Gasteiger partial charge >= 0.3 is 6.01 Å². The van der Waals surface area contributed by atoms with E-state index >= 15 is 0 Å². The highest BCUT2D eigenvalue weighted by Crippen LogP contribution is 2.24. The van der Waals surface area contributed by atoms with E-state index in [1.54, 1.807) is 0 Å². The standard InChI is InChI=1S/C13H16N4O4S2/c1-23(19,20)17-5-2-9(3-6-17)11(18)14-13-16-15-12(21-13)10-4-7-22-8-10/h4,7-9H,2-3,5-6H2,1H3,(H,14,16,18). The van der Waals surface area contributed by atoms with Crippen LogP contribution in [0.5, 0.6) is 0 Å². The topological polar surface area (TPSA) is 105 Å². The Hall–Kier alpha value is -1.78. The maximum Gasteiger partial charge on any atom is 0.322 e. The molecular formula is C13H16N4O4S2. The molecule has 3 rings (SSSR count). The van der Waals surface area contributed by atoms with Crippen LogP contribution in [0.25, 0.3) is 11.5 Å². The SMILES string of the molecule is CS(=O)(=O)N1CCC(C(=O)Nc2nnc(-c3ccsc3)o2)CC1. The summed E-state index contributed by atoms with van der Waals surface area (Å²) < 4.78 is 29.7. The number of sulfonamides is 1. The molecular weight excluding hydrogens is 340 g/mol. The molecule has 3 heterocycles. The number of hydrogen-bond acceptors (Lipinski definition) is 7. The van der Waals surface area contributed by atoms with Crippen LogP contribution in [-0.2, 0) is 14.8 Å². The predicted octanol–water partition coefficient (Wildman–Crippen LogP) is 1.41. The minimum atomic E-state index is -3.19. The Morgan fingerprint density at radius 3 is 2.74 bits per heavy atom. The normalized spacial score (nSPS) is 17.3. The molecule has 0 unspecified atom stereocenters. The van der Waals surface area contributed by atoms with Crippen molar-refractivity contribution >= 4 is 33.3 Å². The molecule has 0 atom stereocenters. The van der Waals surface area contributed by atoms with Crippen LogP contribution in [0.4, 0.5) is 6.01 Å². The van der Waals surface area contributed by atoms with Gasteiger partial charge in [0.25, 0.3) is 5.89 Å². The molecule has 0 aliphatic carbocycles. The molecule has 0 radical (unpaired) electrons. The van der Waals surface area contributed by atoms with Crippen LogP contribution < -0.4 is 5.32 Å². The third-order valence-electron chi connectivity index (χ3n) is 3.72. The number of anilines is 1. The van der Waals surface area contributed by atoms with Crippen molar-refractivity contribution in [2.24, 2.45) is 5.92 Å². The molecule has 23 heavy (non-hydrogen) atoms. The second-order valence-electron chi connectivity index (χ2n) is 5.35.